The Morgan fingerprint density at radius 1 is 0.938 bits per heavy atom. The molecule has 0 bridgehead atoms. The first kappa shape index (κ1) is 8.97. The SMILES string of the molecule is [c]1nccc(-c2nccc3ccccc23)n1. The van der Waals surface area contributed by atoms with Gasteiger partial charge in [0.2, 0.25) is 0 Å². The van der Waals surface area contributed by atoms with Crippen LogP contribution in [0.1, 0.15) is 0 Å². The van der Waals surface area contributed by atoms with Gasteiger partial charge in [0, 0.05) is 17.8 Å². The monoisotopic (exact) mass is 206 g/mol. The Morgan fingerprint density at radius 3 is 2.75 bits per heavy atom. The summed E-state index contributed by atoms with van der Waals surface area (Å²) in [6, 6.07) is 11.9. The molecule has 0 N–H and O–H groups in total. The van der Waals surface area contributed by atoms with Crippen LogP contribution in [0.5, 0.6) is 0 Å². The van der Waals surface area contributed by atoms with Crippen molar-refractivity contribution in [3.05, 3.63) is 55.1 Å². The molecule has 0 saturated carbocycles. The Morgan fingerprint density at radius 2 is 1.88 bits per heavy atom. The van der Waals surface area contributed by atoms with Crippen LogP contribution in [0.15, 0.2) is 48.8 Å². The molecule has 0 aliphatic heterocycles. The average Bonchev–Trinajstić information content (AvgIpc) is 2.39. The number of nitrogens with zero attached hydrogens (tertiary/aromatic N) is 3. The van der Waals surface area contributed by atoms with Gasteiger partial charge >= 0.3 is 0 Å². The minimum Gasteiger partial charge on any atom is -0.254 e. The topological polar surface area (TPSA) is 38.7 Å². The van der Waals surface area contributed by atoms with Gasteiger partial charge in [0.1, 0.15) is 0 Å². The largest absolute Gasteiger partial charge is 0.254 e. The average molecular weight is 206 g/mol. The summed E-state index contributed by atoms with van der Waals surface area (Å²) in [6.45, 7) is 0. The lowest BCUT2D eigenvalue weighted by atomic mass is 10.1. The molecular weight excluding hydrogens is 198 g/mol. The van der Waals surface area contributed by atoms with Crippen molar-refractivity contribution >= 4 is 10.8 Å². The van der Waals surface area contributed by atoms with Crippen molar-refractivity contribution in [2.45, 2.75) is 0 Å². The van der Waals surface area contributed by atoms with E-state index < -0.39 is 0 Å². The molecule has 0 saturated heterocycles. The molecule has 3 heteroatoms. The van der Waals surface area contributed by atoms with E-state index in [4.69, 9.17) is 0 Å². The zero-order valence-corrected chi connectivity index (χ0v) is 8.46. The van der Waals surface area contributed by atoms with E-state index in [9.17, 15) is 0 Å². The van der Waals surface area contributed by atoms with Crippen LogP contribution in [0.3, 0.4) is 0 Å². The predicted octanol–water partition coefficient (Wildman–Crippen LogP) is 2.49. The third-order valence-corrected chi connectivity index (χ3v) is 2.45. The fraction of sp³-hybridized carbons (Fsp3) is 0. The van der Waals surface area contributed by atoms with Crippen molar-refractivity contribution in [3.63, 3.8) is 0 Å². The molecule has 3 rings (SSSR count). The van der Waals surface area contributed by atoms with Crippen LogP contribution in [-0.2, 0) is 0 Å². The Kier molecular flexibility index (Phi) is 2.07. The van der Waals surface area contributed by atoms with Gasteiger partial charge < -0.3 is 0 Å². The molecule has 2 heterocycles. The number of aromatic nitrogens is 3. The van der Waals surface area contributed by atoms with Gasteiger partial charge in [-0.05, 0) is 17.5 Å². The summed E-state index contributed by atoms with van der Waals surface area (Å²) in [5.41, 5.74) is 1.67. The van der Waals surface area contributed by atoms with E-state index in [-0.39, 0.29) is 0 Å². The Hall–Kier alpha value is -2.29. The summed E-state index contributed by atoms with van der Waals surface area (Å²) >= 11 is 0. The van der Waals surface area contributed by atoms with Crippen LogP contribution in [0, 0.1) is 6.33 Å². The van der Waals surface area contributed by atoms with Crippen molar-refractivity contribution in [3.8, 4) is 11.4 Å². The Bertz CT molecular complexity index is 615. The molecule has 0 aliphatic carbocycles. The molecule has 1 radical (unpaired) electrons. The van der Waals surface area contributed by atoms with Crippen molar-refractivity contribution in [2.24, 2.45) is 0 Å². The fourth-order valence-corrected chi connectivity index (χ4v) is 1.72. The smallest absolute Gasteiger partial charge is 0.198 e. The third-order valence-electron chi connectivity index (χ3n) is 2.45. The van der Waals surface area contributed by atoms with E-state index in [0.29, 0.717) is 0 Å². The van der Waals surface area contributed by atoms with Crippen LogP contribution in [-0.4, -0.2) is 15.0 Å². The number of fused-ring (bicyclic) bond motifs is 1. The van der Waals surface area contributed by atoms with Crippen LogP contribution in [0.25, 0.3) is 22.2 Å². The second-order valence-corrected chi connectivity index (χ2v) is 3.42. The lowest BCUT2D eigenvalue weighted by molar-refractivity contribution is 1.14. The van der Waals surface area contributed by atoms with Gasteiger partial charge in [-0.15, -0.1) is 0 Å². The van der Waals surface area contributed by atoms with E-state index in [1.165, 1.54) is 0 Å². The minimum absolute atomic E-state index is 0.798. The van der Waals surface area contributed by atoms with E-state index >= 15 is 0 Å². The lowest BCUT2D eigenvalue weighted by Crippen LogP contribution is -1.89. The number of hydrogen-bond donors (Lipinski definition) is 0. The molecule has 0 spiro atoms. The maximum atomic E-state index is 4.37. The maximum absolute atomic E-state index is 4.37. The molecule has 0 unspecified atom stereocenters. The van der Waals surface area contributed by atoms with Gasteiger partial charge in [-0.1, -0.05) is 24.3 Å². The van der Waals surface area contributed by atoms with Gasteiger partial charge in [0.25, 0.3) is 0 Å². The quantitative estimate of drug-likeness (QED) is 0.614. The van der Waals surface area contributed by atoms with Crippen molar-refractivity contribution in [1.29, 1.82) is 0 Å². The first-order chi connectivity index (χ1) is 7.95. The van der Waals surface area contributed by atoms with Crippen molar-refractivity contribution in [2.75, 3.05) is 0 Å². The first-order valence-corrected chi connectivity index (χ1v) is 4.98. The highest BCUT2D eigenvalue weighted by molar-refractivity contribution is 5.93. The van der Waals surface area contributed by atoms with Crippen molar-refractivity contribution < 1.29 is 0 Å². The highest BCUT2D eigenvalue weighted by Gasteiger charge is 2.04. The van der Waals surface area contributed by atoms with Gasteiger partial charge in [-0.3, -0.25) is 4.98 Å². The van der Waals surface area contributed by atoms with E-state index in [1.54, 1.807) is 12.4 Å². The maximum Gasteiger partial charge on any atom is 0.198 e. The molecule has 0 atom stereocenters. The van der Waals surface area contributed by atoms with Crippen LogP contribution in [0.2, 0.25) is 0 Å². The van der Waals surface area contributed by atoms with Crippen LogP contribution >= 0.6 is 0 Å². The molecule has 1 aromatic carbocycles. The number of pyridine rings is 1. The second kappa shape index (κ2) is 3.70. The molecule has 0 fully saturated rings. The lowest BCUT2D eigenvalue weighted by Gasteiger charge is -2.03. The minimum atomic E-state index is 0.798. The summed E-state index contributed by atoms with van der Waals surface area (Å²) in [5, 5.41) is 2.25. The molecular formula is C13H8N3. The Balaban J connectivity index is 2.32. The molecule has 0 aliphatic rings. The van der Waals surface area contributed by atoms with Crippen LogP contribution < -0.4 is 0 Å². The summed E-state index contributed by atoms with van der Waals surface area (Å²) in [4.78, 5) is 12.3. The summed E-state index contributed by atoms with van der Waals surface area (Å²) in [6.07, 6.45) is 6.05. The molecule has 16 heavy (non-hydrogen) atoms. The molecule has 0 amide bonds. The molecule has 75 valence electrons. The third kappa shape index (κ3) is 1.42. The number of benzene rings is 1. The zero-order chi connectivity index (χ0) is 10.8. The van der Waals surface area contributed by atoms with Crippen molar-refractivity contribution in [1.82, 2.24) is 15.0 Å². The summed E-state index contributed by atoms with van der Waals surface area (Å²) < 4.78 is 0. The number of rotatable bonds is 1. The predicted molar refractivity (Wildman–Crippen MR) is 61.6 cm³/mol. The van der Waals surface area contributed by atoms with Gasteiger partial charge in [-0.25, -0.2) is 9.97 Å². The first-order valence-electron chi connectivity index (χ1n) is 4.98. The summed E-state index contributed by atoms with van der Waals surface area (Å²) in [5.74, 6) is 0. The molecule has 3 nitrogen and oxygen atoms in total. The molecule has 2 aromatic heterocycles. The highest BCUT2D eigenvalue weighted by atomic mass is 14.8. The standard InChI is InChI=1S/C13H8N3/c1-2-4-11-10(3-1)5-8-15-13(11)12-6-7-14-9-16-12/h1-8H. The molecule has 3 aromatic rings. The van der Waals surface area contributed by atoms with Gasteiger partial charge in [0.05, 0.1) is 11.4 Å². The summed E-state index contributed by atoms with van der Waals surface area (Å²) in [7, 11) is 0. The van der Waals surface area contributed by atoms with Gasteiger partial charge in [0.15, 0.2) is 6.33 Å². The van der Waals surface area contributed by atoms with E-state index in [0.717, 1.165) is 22.2 Å². The zero-order valence-electron chi connectivity index (χ0n) is 8.46. The highest BCUT2D eigenvalue weighted by Crippen LogP contribution is 2.23. The fourth-order valence-electron chi connectivity index (χ4n) is 1.72. The van der Waals surface area contributed by atoms with E-state index in [2.05, 4.69) is 27.3 Å². The van der Waals surface area contributed by atoms with E-state index in [1.807, 2.05) is 30.3 Å². The normalized spacial score (nSPS) is 10.5. The van der Waals surface area contributed by atoms with Crippen LogP contribution in [0.4, 0.5) is 0 Å². The Labute approximate surface area is 92.8 Å². The van der Waals surface area contributed by atoms with Gasteiger partial charge in [-0.2, -0.15) is 0 Å². The number of hydrogen-bond acceptors (Lipinski definition) is 3. The second-order valence-electron chi connectivity index (χ2n) is 3.42.